The molecule has 0 spiro atoms. The van der Waals surface area contributed by atoms with Gasteiger partial charge >= 0.3 is 0 Å². The van der Waals surface area contributed by atoms with Crippen LogP contribution in [0.4, 0.5) is 27.1 Å². The van der Waals surface area contributed by atoms with Crippen LogP contribution in [0.1, 0.15) is 31.7 Å². The third kappa shape index (κ3) is 5.54. The van der Waals surface area contributed by atoms with Crippen molar-refractivity contribution in [2.24, 2.45) is 16.5 Å². The van der Waals surface area contributed by atoms with E-state index in [-0.39, 0.29) is 17.7 Å². The molecule has 1 amide bonds. The Morgan fingerprint density at radius 1 is 0.977 bits per heavy atom. The zero-order valence-electron chi connectivity index (χ0n) is 24.0. The van der Waals surface area contributed by atoms with Crippen molar-refractivity contribution in [2.45, 2.75) is 37.8 Å². The van der Waals surface area contributed by atoms with Gasteiger partial charge in [0, 0.05) is 61.4 Å². The third-order valence-corrected chi connectivity index (χ3v) is 8.52. The Bertz CT molecular complexity index is 1680. The van der Waals surface area contributed by atoms with Crippen LogP contribution >= 0.6 is 0 Å². The molecule has 1 saturated heterocycles. The van der Waals surface area contributed by atoms with E-state index in [2.05, 4.69) is 54.3 Å². The van der Waals surface area contributed by atoms with Crippen LogP contribution in [0.25, 0.3) is 22.4 Å². The van der Waals surface area contributed by atoms with Crippen LogP contribution in [0.5, 0.6) is 0 Å². The number of carbonyl (C=O) groups is 1. The van der Waals surface area contributed by atoms with Crippen LogP contribution in [-0.2, 0) is 4.79 Å². The van der Waals surface area contributed by atoms with Gasteiger partial charge in [-0.05, 0) is 86.3 Å². The van der Waals surface area contributed by atoms with Gasteiger partial charge in [0.25, 0.3) is 0 Å². The Morgan fingerprint density at radius 2 is 1.70 bits per heavy atom. The van der Waals surface area contributed by atoms with E-state index in [4.69, 9.17) is 16.5 Å². The first-order chi connectivity index (χ1) is 20.9. The number of benzene rings is 3. The molecule has 3 heterocycles. The number of aromatic nitrogens is 2. The van der Waals surface area contributed by atoms with Crippen molar-refractivity contribution in [3.63, 3.8) is 0 Å². The topological polar surface area (TPSA) is 130 Å². The summed E-state index contributed by atoms with van der Waals surface area (Å²) in [6.07, 6.45) is 3.56. The normalized spacial score (nSPS) is 18.1. The molecule has 3 aliphatic rings. The fourth-order valence-electron chi connectivity index (χ4n) is 6.14. The minimum absolute atomic E-state index is 0.0493. The number of amides is 1. The van der Waals surface area contributed by atoms with Gasteiger partial charge in [0.05, 0.1) is 16.7 Å². The molecule has 1 aromatic heterocycles. The van der Waals surface area contributed by atoms with Crippen molar-refractivity contribution in [1.82, 2.24) is 9.55 Å². The standard InChI is InChI=1S/C32H36FN9O/c33-20-3-8-23(9-4-20)40-14-16-41(17-15-40)24-10-12-28-27(19-24)38-30-25-18-22(37-21-5-6-21)7-11-26(25)39-31(43)29(42(28)30)2-1-13-36-32(34)35/h3-4,7-12,18-19,21,29,37H,1-2,5-6,13-17H2,(H,39,43)(H4,34,35,36). The monoisotopic (exact) mass is 581 g/mol. The number of halogens is 1. The summed E-state index contributed by atoms with van der Waals surface area (Å²) < 4.78 is 15.5. The quantitative estimate of drug-likeness (QED) is 0.139. The van der Waals surface area contributed by atoms with E-state index in [1.54, 1.807) is 0 Å². The highest BCUT2D eigenvalue weighted by Gasteiger charge is 2.32. The molecule has 2 fully saturated rings. The first-order valence-electron chi connectivity index (χ1n) is 15.0. The number of carbonyl (C=O) groups excluding carboxylic acids is 1. The summed E-state index contributed by atoms with van der Waals surface area (Å²) in [5.41, 5.74) is 17.6. The van der Waals surface area contributed by atoms with Gasteiger partial charge < -0.3 is 36.5 Å². The molecule has 222 valence electrons. The van der Waals surface area contributed by atoms with Crippen LogP contribution in [0.15, 0.2) is 65.7 Å². The first-order valence-corrected chi connectivity index (χ1v) is 15.0. The van der Waals surface area contributed by atoms with Gasteiger partial charge in [0.2, 0.25) is 5.91 Å². The Morgan fingerprint density at radius 3 is 2.42 bits per heavy atom. The highest BCUT2D eigenvalue weighted by Crippen LogP contribution is 2.40. The molecule has 7 rings (SSSR count). The van der Waals surface area contributed by atoms with Crippen molar-refractivity contribution < 1.29 is 9.18 Å². The summed E-state index contributed by atoms with van der Waals surface area (Å²) in [7, 11) is 0. The molecule has 43 heavy (non-hydrogen) atoms. The maximum Gasteiger partial charge on any atom is 0.247 e. The molecule has 1 unspecified atom stereocenters. The Labute approximate surface area is 249 Å². The highest BCUT2D eigenvalue weighted by atomic mass is 19.1. The molecule has 1 saturated carbocycles. The van der Waals surface area contributed by atoms with Gasteiger partial charge in [-0.25, -0.2) is 9.37 Å². The van der Waals surface area contributed by atoms with E-state index in [0.29, 0.717) is 25.4 Å². The molecule has 3 aromatic carbocycles. The van der Waals surface area contributed by atoms with Crippen molar-refractivity contribution in [1.29, 1.82) is 0 Å². The molecule has 0 bridgehead atoms. The molecule has 1 aliphatic carbocycles. The molecule has 11 heteroatoms. The van der Waals surface area contributed by atoms with Crippen molar-refractivity contribution in [2.75, 3.05) is 53.2 Å². The number of imidazole rings is 1. The Kier molecular flexibility index (Phi) is 7.00. The Hall–Kier alpha value is -4.80. The van der Waals surface area contributed by atoms with Crippen LogP contribution in [0, 0.1) is 5.82 Å². The van der Waals surface area contributed by atoms with Gasteiger partial charge in [-0.15, -0.1) is 0 Å². The average Bonchev–Trinajstić information content (AvgIpc) is 3.77. The summed E-state index contributed by atoms with van der Waals surface area (Å²) in [5.74, 6) is 0.523. The number of fused-ring (bicyclic) bond motifs is 5. The second-order valence-electron chi connectivity index (χ2n) is 11.6. The lowest BCUT2D eigenvalue weighted by Crippen LogP contribution is -2.46. The van der Waals surface area contributed by atoms with Crippen LogP contribution in [0.3, 0.4) is 0 Å². The predicted octanol–water partition coefficient (Wildman–Crippen LogP) is 4.29. The molecule has 0 radical (unpaired) electrons. The lowest BCUT2D eigenvalue weighted by molar-refractivity contribution is -0.119. The second kappa shape index (κ2) is 11.1. The molecule has 4 aromatic rings. The summed E-state index contributed by atoms with van der Waals surface area (Å²) in [5, 5.41) is 6.73. The Balaban J connectivity index is 1.21. The maximum atomic E-state index is 13.7. The van der Waals surface area contributed by atoms with Gasteiger partial charge in [-0.3, -0.25) is 9.79 Å². The van der Waals surface area contributed by atoms with E-state index in [0.717, 1.165) is 71.3 Å². The van der Waals surface area contributed by atoms with Gasteiger partial charge in [-0.2, -0.15) is 0 Å². The fourth-order valence-corrected chi connectivity index (χ4v) is 6.14. The smallest absolute Gasteiger partial charge is 0.247 e. The fraction of sp³-hybridized carbons (Fsp3) is 0.344. The lowest BCUT2D eigenvalue weighted by Gasteiger charge is -2.37. The van der Waals surface area contributed by atoms with Crippen molar-refractivity contribution >= 4 is 45.6 Å². The molecule has 6 N–H and O–H groups in total. The number of nitrogens with zero attached hydrogens (tertiary/aromatic N) is 5. The number of nitrogens with one attached hydrogen (secondary N) is 2. The third-order valence-electron chi connectivity index (χ3n) is 8.52. The lowest BCUT2D eigenvalue weighted by atomic mass is 10.1. The average molecular weight is 582 g/mol. The number of nitrogens with two attached hydrogens (primary N) is 2. The highest BCUT2D eigenvalue weighted by molar-refractivity contribution is 6.02. The number of piperazine rings is 1. The van der Waals surface area contributed by atoms with E-state index in [1.807, 2.05) is 24.3 Å². The minimum Gasteiger partial charge on any atom is -0.382 e. The summed E-state index contributed by atoms with van der Waals surface area (Å²) in [6, 6.07) is 19.2. The minimum atomic E-state index is -0.466. The second-order valence-corrected chi connectivity index (χ2v) is 11.6. The SMILES string of the molecule is NC(N)=NCCCC1C(=O)Nc2ccc(NC3CC3)cc2-c2nc3cc(N4CCN(c5ccc(F)cc5)CC4)ccc3n21. The van der Waals surface area contributed by atoms with E-state index >= 15 is 0 Å². The first kappa shape index (κ1) is 27.1. The molecular weight excluding hydrogens is 545 g/mol. The summed E-state index contributed by atoms with van der Waals surface area (Å²) in [6.45, 7) is 3.80. The van der Waals surface area contributed by atoms with E-state index in [1.165, 1.54) is 25.0 Å². The zero-order chi connectivity index (χ0) is 29.5. The number of rotatable bonds is 8. The number of aliphatic imine (C=N–C) groups is 1. The number of guanidine groups is 1. The van der Waals surface area contributed by atoms with E-state index in [9.17, 15) is 9.18 Å². The van der Waals surface area contributed by atoms with Gasteiger partial charge in [-0.1, -0.05) is 0 Å². The zero-order valence-corrected chi connectivity index (χ0v) is 24.0. The van der Waals surface area contributed by atoms with Crippen molar-refractivity contribution in [3.8, 4) is 11.4 Å². The number of hydrogen-bond acceptors (Lipinski definition) is 6. The molecule has 1 atom stereocenters. The largest absolute Gasteiger partial charge is 0.382 e. The molecule has 10 nitrogen and oxygen atoms in total. The predicted molar refractivity (Wildman–Crippen MR) is 170 cm³/mol. The summed E-state index contributed by atoms with van der Waals surface area (Å²) >= 11 is 0. The number of hydrogen-bond donors (Lipinski definition) is 4. The van der Waals surface area contributed by atoms with Crippen molar-refractivity contribution in [3.05, 3.63) is 66.5 Å². The van der Waals surface area contributed by atoms with Gasteiger partial charge in [0.1, 0.15) is 17.7 Å². The van der Waals surface area contributed by atoms with Crippen LogP contribution < -0.4 is 31.9 Å². The summed E-state index contributed by atoms with van der Waals surface area (Å²) in [4.78, 5) is 27.6. The van der Waals surface area contributed by atoms with E-state index < -0.39 is 6.04 Å². The maximum absolute atomic E-state index is 13.7. The van der Waals surface area contributed by atoms with Crippen LogP contribution in [0.2, 0.25) is 0 Å². The number of anilines is 4. The molecule has 2 aliphatic heterocycles. The van der Waals surface area contributed by atoms with Gasteiger partial charge in [0.15, 0.2) is 5.96 Å². The molecular formula is C32H36FN9O. The van der Waals surface area contributed by atoms with Crippen LogP contribution in [-0.4, -0.2) is 60.2 Å².